The molecule has 3 aromatic carbocycles. The van der Waals surface area contributed by atoms with Gasteiger partial charge in [-0.2, -0.15) is 0 Å². The van der Waals surface area contributed by atoms with E-state index in [2.05, 4.69) is 10.2 Å². The number of ether oxygens (including phenoxy) is 2. The lowest BCUT2D eigenvalue weighted by molar-refractivity contribution is 0.0612. The van der Waals surface area contributed by atoms with Gasteiger partial charge in [-0.15, -0.1) is 0 Å². The molecule has 0 spiro atoms. The quantitative estimate of drug-likeness (QED) is 0.466. The van der Waals surface area contributed by atoms with Gasteiger partial charge in [-0.05, 0) is 41.3 Å². The number of nitrogens with zero attached hydrogens (tertiary/aromatic N) is 1. The summed E-state index contributed by atoms with van der Waals surface area (Å²) in [7, 11) is 1.24. The van der Waals surface area contributed by atoms with E-state index in [1.165, 1.54) is 18.2 Å². The molecule has 0 unspecified atom stereocenters. The molecule has 0 aliphatic rings. The summed E-state index contributed by atoms with van der Waals surface area (Å²) in [6.45, 7) is 2.67. The van der Waals surface area contributed by atoms with Gasteiger partial charge in [0.25, 0.3) is 5.91 Å². The molecule has 7 heteroatoms. The minimum atomic E-state index is -0.742. The van der Waals surface area contributed by atoms with Gasteiger partial charge in [0.1, 0.15) is 5.75 Å². The highest BCUT2D eigenvalue weighted by Gasteiger charge is 2.20. The lowest BCUT2D eigenvalue weighted by atomic mass is 10.0. The summed E-state index contributed by atoms with van der Waals surface area (Å²) in [6, 6.07) is 22.6. The monoisotopic (exact) mass is 452 g/mol. The lowest BCUT2D eigenvalue weighted by Crippen LogP contribution is -2.45. The summed E-state index contributed by atoms with van der Waals surface area (Å²) in [4.78, 5) is 25.0. The number of hydrazine groups is 1. The van der Waals surface area contributed by atoms with Gasteiger partial charge in [0.15, 0.2) is 0 Å². The first-order chi connectivity index (χ1) is 15.5. The minimum Gasteiger partial charge on any atom is -0.492 e. The summed E-state index contributed by atoms with van der Waals surface area (Å²) < 4.78 is 10.2. The van der Waals surface area contributed by atoms with Gasteiger partial charge in [0.2, 0.25) is 0 Å². The third-order valence-electron chi connectivity index (χ3n) is 4.70. The number of rotatable bonds is 7. The van der Waals surface area contributed by atoms with E-state index in [9.17, 15) is 9.59 Å². The van der Waals surface area contributed by atoms with Crippen LogP contribution in [-0.4, -0.2) is 30.7 Å². The van der Waals surface area contributed by atoms with Crippen LogP contribution < -0.4 is 10.2 Å². The fourth-order valence-electron chi connectivity index (χ4n) is 3.05. The largest absolute Gasteiger partial charge is 0.492 e. The van der Waals surface area contributed by atoms with Crippen LogP contribution in [0.3, 0.4) is 0 Å². The van der Waals surface area contributed by atoms with E-state index < -0.39 is 12.0 Å². The van der Waals surface area contributed by atoms with Gasteiger partial charge in [-0.25, -0.2) is 15.2 Å². The Balaban J connectivity index is 1.79. The van der Waals surface area contributed by atoms with Crippen molar-refractivity contribution in [3.63, 3.8) is 0 Å². The smallest absolute Gasteiger partial charge is 0.425 e. The second-order valence-electron chi connectivity index (χ2n) is 7.05. The highest BCUT2D eigenvalue weighted by Crippen LogP contribution is 2.26. The average molecular weight is 453 g/mol. The molecular weight excluding hydrogens is 428 g/mol. The summed E-state index contributed by atoms with van der Waals surface area (Å²) in [5.74, 6) is 0.0838. The molecule has 0 bridgehead atoms. The van der Waals surface area contributed by atoms with Crippen LogP contribution in [0.25, 0.3) is 11.1 Å². The van der Waals surface area contributed by atoms with E-state index in [1.54, 1.807) is 12.1 Å². The zero-order valence-corrected chi connectivity index (χ0v) is 18.8. The fraction of sp³-hybridized carbons (Fsp3) is 0.200. The summed E-state index contributed by atoms with van der Waals surface area (Å²) in [5, 5.41) is 1.52. The Kier molecular flexibility index (Phi) is 8.11. The first-order valence-corrected chi connectivity index (χ1v) is 10.6. The van der Waals surface area contributed by atoms with Gasteiger partial charge < -0.3 is 9.47 Å². The van der Waals surface area contributed by atoms with Crippen LogP contribution in [0.1, 0.15) is 29.3 Å². The van der Waals surface area contributed by atoms with E-state index in [-0.39, 0.29) is 6.54 Å². The van der Waals surface area contributed by atoms with Gasteiger partial charge in [0, 0.05) is 5.56 Å². The van der Waals surface area contributed by atoms with Crippen molar-refractivity contribution < 1.29 is 19.1 Å². The number of carbonyl (C=O) groups excluding carboxylic acids is 2. The predicted molar refractivity (Wildman–Crippen MR) is 125 cm³/mol. The van der Waals surface area contributed by atoms with Crippen LogP contribution in [-0.2, 0) is 11.3 Å². The molecule has 3 rings (SSSR count). The number of methoxy groups -OCH3 is 1. The molecule has 32 heavy (non-hydrogen) atoms. The summed E-state index contributed by atoms with van der Waals surface area (Å²) in [5.41, 5.74) is 5.78. The number of hydrogen-bond acceptors (Lipinski definition) is 4. The predicted octanol–water partition coefficient (Wildman–Crippen LogP) is 5.71. The normalized spacial score (nSPS) is 10.3. The molecule has 6 nitrogen and oxygen atoms in total. The van der Waals surface area contributed by atoms with E-state index in [0.29, 0.717) is 22.9 Å². The Morgan fingerprint density at radius 3 is 2.28 bits per heavy atom. The standard InChI is InChI=1S/C25H25ClN2O4/c1-3-15-32-23-14-13-21(16-22(23)26)24(29)28(27-25(30)31-2)17-18-9-11-20(12-10-18)19-7-5-4-6-8-19/h4-14,16H,3,15,17H2,1-2H3,(H,27,30). The summed E-state index contributed by atoms with van der Waals surface area (Å²) in [6.07, 6.45) is 0.102. The first kappa shape index (κ1) is 23.2. The average Bonchev–Trinajstić information content (AvgIpc) is 2.83. The first-order valence-electron chi connectivity index (χ1n) is 10.2. The maximum Gasteiger partial charge on any atom is 0.425 e. The Bertz CT molecular complexity index is 1060. The minimum absolute atomic E-state index is 0.148. The van der Waals surface area contributed by atoms with Crippen LogP contribution >= 0.6 is 11.6 Å². The number of nitrogens with one attached hydrogen (secondary N) is 1. The maximum absolute atomic E-state index is 13.1. The van der Waals surface area contributed by atoms with Crippen molar-refractivity contribution in [1.82, 2.24) is 10.4 Å². The molecule has 166 valence electrons. The molecule has 0 aliphatic heterocycles. The van der Waals surface area contributed by atoms with Crippen molar-refractivity contribution in [2.75, 3.05) is 13.7 Å². The molecule has 0 saturated heterocycles. The second-order valence-corrected chi connectivity index (χ2v) is 7.46. The van der Waals surface area contributed by atoms with Gasteiger partial charge in [0.05, 0.1) is 25.3 Å². The number of benzene rings is 3. The Morgan fingerprint density at radius 1 is 0.969 bits per heavy atom. The zero-order chi connectivity index (χ0) is 22.9. The van der Waals surface area contributed by atoms with Crippen molar-refractivity contribution in [1.29, 1.82) is 0 Å². The molecule has 0 atom stereocenters. The Hall–Kier alpha value is -3.51. The Morgan fingerprint density at radius 2 is 1.66 bits per heavy atom. The van der Waals surface area contributed by atoms with Gasteiger partial charge >= 0.3 is 6.09 Å². The fourth-order valence-corrected chi connectivity index (χ4v) is 3.29. The van der Waals surface area contributed by atoms with E-state index in [4.69, 9.17) is 16.3 Å². The Labute approximate surface area is 192 Å². The molecule has 2 amide bonds. The molecule has 1 N–H and O–H groups in total. The van der Waals surface area contributed by atoms with Crippen LogP contribution in [0.15, 0.2) is 72.8 Å². The molecule has 0 aromatic heterocycles. The molecule has 0 fully saturated rings. The van der Waals surface area contributed by atoms with Crippen LogP contribution in [0.5, 0.6) is 5.75 Å². The third-order valence-corrected chi connectivity index (χ3v) is 4.99. The topological polar surface area (TPSA) is 67.9 Å². The third kappa shape index (κ3) is 6.02. The van der Waals surface area contributed by atoms with Crippen molar-refractivity contribution >= 4 is 23.6 Å². The van der Waals surface area contributed by atoms with E-state index in [0.717, 1.165) is 23.1 Å². The summed E-state index contributed by atoms with van der Waals surface area (Å²) >= 11 is 6.27. The second kappa shape index (κ2) is 11.2. The van der Waals surface area contributed by atoms with Crippen LogP contribution in [0.2, 0.25) is 5.02 Å². The highest BCUT2D eigenvalue weighted by molar-refractivity contribution is 6.32. The zero-order valence-electron chi connectivity index (χ0n) is 18.0. The molecular formula is C25H25ClN2O4. The number of carbonyl (C=O) groups is 2. The molecule has 3 aromatic rings. The van der Waals surface area contributed by atoms with E-state index in [1.807, 2.05) is 61.5 Å². The van der Waals surface area contributed by atoms with Crippen LogP contribution in [0.4, 0.5) is 4.79 Å². The number of amides is 2. The van der Waals surface area contributed by atoms with Crippen molar-refractivity contribution in [3.05, 3.63) is 88.9 Å². The number of hydrogen-bond donors (Lipinski definition) is 1. The van der Waals surface area contributed by atoms with Crippen molar-refractivity contribution in [2.45, 2.75) is 19.9 Å². The lowest BCUT2D eigenvalue weighted by Gasteiger charge is -2.23. The van der Waals surface area contributed by atoms with Gasteiger partial charge in [-0.3, -0.25) is 4.79 Å². The van der Waals surface area contributed by atoms with E-state index >= 15 is 0 Å². The molecule has 0 aliphatic carbocycles. The van der Waals surface area contributed by atoms with Crippen molar-refractivity contribution in [3.8, 4) is 16.9 Å². The molecule has 0 saturated carbocycles. The SMILES string of the molecule is CCCOc1ccc(C(=O)N(Cc2ccc(-c3ccccc3)cc2)NC(=O)OC)cc1Cl. The van der Waals surface area contributed by atoms with Gasteiger partial charge in [-0.1, -0.05) is 73.1 Å². The molecule has 0 radical (unpaired) electrons. The molecule has 0 heterocycles. The maximum atomic E-state index is 13.1. The van der Waals surface area contributed by atoms with Crippen molar-refractivity contribution in [2.24, 2.45) is 0 Å². The number of halogens is 1. The highest BCUT2D eigenvalue weighted by atomic mass is 35.5. The van der Waals surface area contributed by atoms with Crippen LogP contribution in [0, 0.1) is 0 Å².